The summed E-state index contributed by atoms with van der Waals surface area (Å²) in [6, 6.07) is 18.9. The van der Waals surface area contributed by atoms with E-state index in [2.05, 4.69) is 60.5 Å². The maximum atomic E-state index is 12.2. The van der Waals surface area contributed by atoms with E-state index in [1.165, 1.54) is 24.1 Å². The quantitative estimate of drug-likeness (QED) is 0.816. The first-order valence-corrected chi connectivity index (χ1v) is 9.80. The molecule has 0 aromatic heterocycles. The van der Waals surface area contributed by atoms with Crippen molar-refractivity contribution < 1.29 is 4.79 Å². The molecular weight excluding hydrogens is 320 g/mol. The van der Waals surface area contributed by atoms with Crippen molar-refractivity contribution >= 4 is 11.6 Å². The Morgan fingerprint density at radius 3 is 2.38 bits per heavy atom. The maximum absolute atomic E-state index is 12.2. The van der Waals surface area contributed by atoms with Crippen molar-refractivity contribution in [3.63, 3.8) is 0 Å². The van der Waals surface area contributed by atoms with E-state index in [1.807, 2.05) is 18.2 Å². The van der Waals surface area contributed by atoms with Crippen molar-refractivity contribution in [3.05, 3.63) is 65.7 Å². The number of piperidine rings is 1. The number of amides is 1. The van der Waals surface area contributed by atoms with Crippen molar-refractivity contribution in [2.75, 3.05) is 18.0 Å². The first-order chi connectivity index (χ1) is 12.6. The molecule has 0 radical (unpaired) electrons. The third kappa shape index (κ3) is 5.10. The van der Waals surface area contributed by atoms with Crippen molar-refractivity contribution in [2.24, 2.45) is 5.92 Å². The van der Waals surface area contributed by atoms with Crippen LogP contribution in [0.15, 0.2) is 54.6 Å². The fourth-order valence-corrected chi connectivity index (χ4v) is 3.54. The molecule has 0 aliphatic carbocycles. The molecule has 1 atom stereocenters. The Morgan fingerprint density at radius 2 is 1.73 bits per heavy atom. The Labute approximate surface area is 157 Å². The Hall–Kier alpha value is -2.29. The van der Waals surface area contributed by atoms with Gasteiger partial charge in [-0.2, -0.15) is 0 Å². The van der Waals surface area contributed by atoms with Crippen molar-refractivity contribution in [1.29, 1.82) is 0 Å². The number of benzene rings is 2. The highest BCUT2D eigenvalue weighted by Crippen LogP contribution is 2.24. The van der Waals surface area contributed by atoms with E-state index < -0.39 is 0 Å². The van der Waals surface area contributed by atoms with Crippen LogP contribution >= 0.6 is 0 Å². The van der Waals surface area contributed by atoms with E-state index in [1.54, 1.807) is 0 Å². The minimum atomic E-state index is 0.0358. The minimum Gasteiger partial charge on any atom is -0.372 e. The number of hydrogen-bond donors (Lipinski definition) is 1. The second kappa shape index (κ2) is 8.88. The molecule has 0 saturated carbocycles. The smallest absolute Gasteiger partial charge is 0.220 e. The summed E-state index contributed by atoms with van der Waals surface area (Å²) in [6.45, 7) is 6.68. The van der Waals surface area contributed by atoms with Gasteiger partial charge in [-0.3, -0.25) is 4.79 Å². The molecule has 1 fully saturated rings. The molecule has 1 heterocycles. The molecule has 2 aromatic carbocycles. The number of rotatable bonds is 6. The lowest BCUT2D eigenvalue weighted by Gasteiger charge is -2.32. The second-order valence-corrected chi connectivity index (χ2v) is 7.54. The monoisotopic (exact) mass is 350 g/mol. The van der Waals surface area contributed by atoms with Crippen LogP contribution in [0.3, 0.4) is 0 Å². The Morgan fingerprint density at radius 1 is 1.08 bits per heavy atom. The lowest BCUT2D eigenvalue weighted by Crippen LogP contribution is -2.32. The third-order valence-corrected chi connectivity index (χ3v) is 5.40. The molecule has 1 N–H and O–H groups in total. The normalized spacial score (nSPS) is 16.3. The van der Waals surface area contributed by atoms with E-state index in [0.717, 1.165) is 31.0 Å². The highest BCUT2D eigenvalue weighted by Gasteiger charge is 2.16. The summed E-state index contributed by atoms with van der Waals surface area (Å²) >= 11 is 0. The minimum absolute atomic E-state index is 0.0358. The van der Waals surface area contributed by atoms with E-state index in [9.17, 15) is 4.79 Å². The summed E-state index contributed by atoms with van der Waals surface area (Å²) < 4.78 is 0. The van der Waals surface area contributed by atoms with Crippen LogP contribution in [-0.4, -0.2) is 19.0 Å². The van der Waals surface area contributed by atoms with Gasteiger partial charge in [0, 0.05) is 25.2 Å². The summed E-state index contributed by atoms with van der Waals surface area (Å²) in [5, 5.41) is 3.12. The average molecular weight is 351 g/mol. The van der Waals surface area contributed by atoms with Gasteiger partial charge < -0.3 is 10.2 Å². The van der Waals surface area contributed by atoms with Crippen LogP contribution in [0, 0.1) is 5.92 Å². The molecule has 0 spiro atoms. The van der Waals surface area contributed by atoms with Crippen molar-refractivity contribution in [3.8, 4) is 0 Å². The average Bonchev–Trinajstić information content (AvgIpc) is 2.68. The van der Waals surface area contributed by atoms with Gasteiger partial charge in [-0.05, 0) is 55.4 Å². The van der Waals surface area contributed by atoms with E-state index in [4.69, 9.17) is 0 Å². The summed E-state index contributed by atoms with van der Waals surface area (Å²) in [5.74, 6) is 0.951. The van der Waals surface area contributed by atoms with Crippen LogP contribution in [0.25, 0.3) is 0 Å². The SMILES string of the molecule is CC1CCN(c2ccc(C(C)NC(=O)CCc3ccccc3)cc2)CC1. The van der Waals surface area contributed by atoms with Gasteiger partial charge in [0.2, 0.25) is 5.91 Å². The van der Waals surface area contributed by atoms with Gasteiger partial charge in [-0.25, -0.2) is 0 Å². The zero-order valence-electron chi connectivity index (χ0n) is 15.9. The molecule has 1 aliphatic rings. The highest BCUT2D eigenvalue weighted by atomic mass is 16.1. The second-order valence-electron chi connectivity index (χ2n) is 7.54. The van der Waals surface area contributed by atoms with Gasteiger partial charge in [0.25, 0.3) is 0 Å². The molecule has 3 rings (SSSR count). The largest absolute Gasteiger partial charge is 0.372 e. The Kier molecular flexibility index (Phi) is 6.32. The molecule has 3 heteroatoms. The molecule has 1 aliphatic heterocycles. The molecule has 1 saturated heterocycles. The molecule has 0 bridgehead atoms. The number of carbonyl (C=O) groups excluding carboxylic acids is 1. The molecule has 1 amide bonds. The lowest BCUT2D eigenvalue weighted by atomic mass is 9.98. The predicted molar refractivity (Wildman–Crippen MR) is 108 cm³/mol. The molecule has 138 valence electrons. The van der Waals surface area contributed by atoms with E-state index in [-0.39, 0.29) is 11.9 Å². The molecule has 26 heavy (non-hydrogen) atoms. The van der Waals surface area contributed by atoms with Gasteiger partial charge in [0.1, 0.15) is 0 Å². The van der Waals surface area contributed by atoms with Crippen LogP contribution in [-0.2, 0) is 11.2 Å². The van der Waals surface area contributed by atoms with Crippen LogP contribution in [0.4, 0.5) is 5.69 Å². The lowest BCUT2D eigenvalue weighted by molar-refractivity contribution is -0.121. The molecule has 1 unspecified atom stereocenters. The number of nitrogens with one attached hydrogen (secondary N) is 1. The van der Waals surface area contributed by atoms with E-state index in [0.29, 0.717) is 6.42 Å². The first kappa shape index (κ1) is 18.5. The number of hydrogen-bond acceptors (Lipinski definition) is 2. The number of carbonyl (C=O) groups is 1. The molecule has 3 nitrogen and oxygen atoms in total. The van der Waals surface area contributed by atoms with Crippen LogP contribution < -0.4 is 10.2 Å². The molecular formula is C23H30N2O. The van der Waals surface area contributed by atoms with Gasteiger partial charge in [-0.15, -0.1) is 0 Å². The fourth-order valence-electron chi connectivity index (χ4n) is 3.54. The number of nitrogens with zero attached hydrogens (tertiary/aromatic N) is 1. The third-order valence-electron chi connectivity index (χ3n) is 5.40. The van der Waals surface area contributed by atoms with Crippen LogP contribution in [0.5, 0.6) is 0 Å². The van der Waals surface area contributed by atoms with Gasteiger partial charge in [-0.1, -0.05) is 49.4 Å². The summed E-state index contributed by atoms with van der Waals surface area (Å²) in [7, 11) is 0. The zero-order valence-corrected chi connectivity index (χ0v) is 15.9. The highest BCUT2D eigenvalue weighted by molar-refractivity contribution is 5.76. The summed E-state index contributed by atoms with van der Waals surface area (Å²) in [5.41, 5.74) is 3.66. The fraction of sp³-hybridized carbons (Fsp3) is 0.435. The van der Waals surface area contributed by atoms with Crippen LogP contribution in [0.1, 0.15) is 50.3 Å². The summed E-state index contributed by atoms with van der Waals surface area (Å²) in [4.78, 5) is 14.7. The Bertz CT molecular complexity index is 688. The predicted octanol–water partition coefficient (Wildman–Crippen LogP) is 4.73. The maximum Gasteiger partial charge on any atom is 0.220 e. The zero-order chi connectivity index (χ0) is 18.4. The first-order valence-electron chi connectivity index (χ1n) is 9.80. The van der Waals surface area contributed by atoms with Gasteiger partial charge >= 0.3 is 0 Å². The van der Waals surface area contributed by atoms with Crippen molar-refractivity contribution in [1.82, 2.24) is 5.32 Å². The topological polar surface area (TPSA) is 32.3 Å². The Balaban J connectivity index is 1.49. The molecule has 2 aromatic rings. The standard InChI is InChI=1S/C23H30N2O/c1-18-14-16-25(17-15-18)22-11-9-21(10-12-22)19(2)24-23(26)13-8-20-6-4-3-5-7-20/h3-7,9-12,18-19H,8,13-17H2,1-2H3,(H,24,26). The number of aryl methyl sites for hydroxylation is 1. The van der Waals surface area contributed by atoms with Gasteiger partial charge in [0.15, 0.2) is 0 Å². The van der Waals surface area contributed by atoms with Crippen molar-refractivity contribution in [2.45, 2.75) is 45.6 Å². The number of anilines is 1. The van der Waals surface area contributed by atoms with Gasteiger partial charge in [0.05, 0.1) is 6.04 Å². The van der Waals surface area contributed by atoms with E-state index >= 15 is 0 Å². The summed E-state index contributed by atoms with van der Waals surface area (Å²) in [6.07, 6.45) is 3.86. The van der Waals surface area contributed by atoms with Crippen LogP contribution in [0.2, 0.25) is 0 Å².